The Labute approximate surface area is 108 Å². The minimum atomic E-state index is 0.131. The summed E-state index contributed by atoms with van der Waals surface area (Å²) in [5.41, 5.74) is 0.131. The molecule has 1 aliphatic carbocycles. The van der Waals surface area contributed by atoms with Gasteiger partial charge in [0.1, 0.15) is 0 Å². The van der Waals surface area contributed by atoms with Gasteiger partial charge in [-0.1, -0.05) is 39.5 Å². The second-order valence-electron chi connectivity index (χ2n) is 5.46. The highest BCUT2D eigenvalue weighted by molar-refractivity contribution is 4.97. The number of likely N-dealkylation sites (N-methyl/N-ethyl adjacent to an activating group) is 1. The molecule has 1 aliphatic rings. The fraction of sp³-hybridized carbons (Fsp3) is 1.00. The summed E-state index contributed by atoms with van der Waals surface area (Å²) < 4.78 is 6.17. The fourth-order valence-electron chi connectivity index (χ4n) is 3.41. The molecule has 1 atom stereocenters. The second kappa shape index (κ2) is 7.38. The molecule has 102 valence electrons. The molecule has 2 nitrogen and oxygen atoms in total. The normalized spacial score (nSPS) is 21.0. The zero-order valence-electron chi connectivity index (χ0n) is 12.2. The van der Waals surface area contributed by atoms with Crippen LogP contribution in [-0.2, 0) is 4.74 Å². The highest BCUT2D eigenvalue weighted by Gasteiger charge is 2.41. The maximum absolute atomic E-state index is 6.17. The smallest absolute Gasteiger partial charge is 0.0834 e. The summed E-state index contributed by atoms with van der Waals surface area (Å²) in [5, 5.41) is 3.54. The van der Waals surface area contributed by atoms with Crippen LogP contribution in [0.1, 0.15) is 65.7 Å². The maximum Gasteiger partial charge on any atom is 0.0834 e. The summed E-state index contributed by atoms with van der Waals surface area (Å²) in [4.78, 5) is 0. The first-order valence-electron chi connectivity index (χ1n) is 7.53. The van der Waals surface area contributed by atoms with E-state index in [1.807, 2.05) is 0 Å². The predicted molar refractivity (Wildman–Crippen MR) is 74.4 cm³/mol. The van der Waals surface area contributed by atoms with Gasteiger partial charge in [0.25, 0.3) is 0 Å². The Morgan fingerprint density at radius 2 is 1.71 bits per heavy atom. The summed E-state index contributed by atoms with van der Waals surface area (Å²) in [6.07, 6.45) is 9.00. The topological polar surface area (TPSA) is 21.3 Å². The van der Waals surface area contributed by atoms with Crippen LogP contribution in [0, 0.1) is 5.92 Å². The average Bonchev–Trinajstić information content (AvgIpc) is 2.81. The third kappa shape index (κ3) is 3.69. The van der Waals surface area contributed by atoms with Crippen molar-refractivity contribution in [2.45, 2.75) is 77.4 Å². The van der Waals surface area contributed by atoms with E-state index in [-0.39, 0.29) is 5.60 Å². The molecule has 1 fully saturated rings. The molecule has 17 heavy (non-hydrogen) atoms. The lowest BCUT2D eigenvalue weighted by Gasteiger charge is -2.39. The molecule has 1 unspecified atom stereocenters. The number of hydrogen-bond acceptors (Lipinski definition) is 2. The SMILES string of the molecule is CCOC1(C(CC(CC)CC)NC)CCCC1. The summed E-state index contributed by atoms with van der Waals surface area (Å²) in [7, 11) is 2.10. The molecule has 0 amide bonds. The molecule has 0 aromatic rings. The molecular formula is C15H31NO. The van der Waals surface area contributed by atoms with Gasteiger partial charge in [0.2, 0.25) is 0 Å². The van der Waals surface area contributed by atoms with E-state index in [9.17, 15) is 0 Å². The van der Waals surface area contributed by atoms with E-state index in [0.29, 0.717) is 6.04 Å². The van der Waals surface area contributed by atoms with Gasteiger partial charge in [0.05, 0.1) is 5.60 Å². The van der Waals surface area contributed by atoms with E-state index in [1.165, 1.54) is 44.9 Å². The van der Waals surface area contributed by atoms with Crippen molar-refractivity contribution in [3.63, 3.8) is 0 Å². The molecule has 0 saturated heterocycles. The molecule has 0 aromatic carbocycles. The van der Waals surface area contributed by atoms with E-state index in [0.717, 1.165) is 12.5 Å². The monoisotopic (exact) mass is 241 g/mol. The molecule has 2 heteroatoms. The molecular weight excluding hydrogens is 210 g/mol. The number of hydrogen-bond donors (Lipinski definition) is 1. The van der Waals surface area contributed by atoms with E-state index < -0.39 is 0 Å². The van der Waals surface area contributed by atoms with Gasteiger partial charge >= 0.3 is 0 Å². The Kier molecular flexibility index (Phi) is 6.50. The van der Waals surface area contributed by atoms with Crippen LogP contribution in [0.15, 0.2) is 0 Å². The van der Waals surface area contributed by atoms with Gasteiger partial charge in [0, 0.05) is 12.6 Å². The molecule has 0 spiro atoms. The Morgan fingerprint density at radius 3 is 2.12 bits per heavy atom. The van der Waals surface area contributed by atoms with Crippen molar-refractivity contribution in [2.24, 2.45) is 5.92 Å². The number of ether oxygens (including phenoxy) is 1. The molecule has 0 radical (unpaired) electrons. The Hall–Kier alpha value is -0.0800. The lowest BCUT2D eigenvalue weighted by atomic mass is 9.83. The maximum atomic E-state index is 6.17. The van der Waals surface area contributed by atoms with Gasteiger partial charge in [-0.2, -0.15) is 0 Å². The molecule has 0 aliphatic heterocycles. The average molecular weight is 241 g/mol. The first-order valence-corrected chi connectivity index (χ1v) is 7.53. The van der Waals surface area contributed by atoms with Gasteiger partial charge < -0.3 is 10.1 Å². The largest absolute Gasteiger partial charge is 0.374 e. The predicted octanol–water partition coefficient (Wildman–Crippen LogP) is 3.75. The van der Waals surface area contributed by atoms with Gasteiger partial charge in [-0.05, 0) is 39.2 Å². The van der Waals surface area contributed by atoms with E-state index in [1.54, 1.807) is 0 Å². The van der Waals surface area contributed by atoms with E-state index >= 15 is 0 Å². The van der Waals surface area contributed by atoms with Crippen molar-refractivity contribution in [3.05, 3.63) is 0 Å². The number of nitrogens with one attached hydrogen (secondary N) is 1. The fourth-order valence-corrected chi connectivity index (χ4v) is 3.41. The molecule has 0 bridgehead atoms. The zero-order valence-corrected chi connectivity index (χ0v) is 12.2. The van der Waals surface area contributed by atoms with Crippen LogP contribution in [0.3, 0.4) is 0 Å². The van der Waals surface area contributed by atoms with Gasteiger partial charge in [-0.3, -0.25) is 0 Å². The van der Waals surface area contributed by atoms with Crippen LogP contribution < -0.4 is 5.32 Å². The quantitative estimate of drug-likeness (QED) is 0.699. The summed E-state index contributed by atoms with van der Waals surface area (Å²) in [6, 6.07) is 0.537. The summed E-state index contributed by atoms with van der Waals surface area (Å²) in [6.45, 7) is 7.59. The van der Waals surface area contributed by atoms with Crippen molar-refractivity contribution in [1.29, 1.82) is 0 Å². The molecule has 0 heterocycles. The highest BCUT2D eigenvalue weighted by Crippen LogP contribution is 2.38. The third-order valence-corrected chi connectivity index (χ3v) is 4.59. The molecule has 1 saturated carbocycles. The van der Waals surface area contributed by atoms with Gasteiger partial charge in [-0.25, -0.2) is 0 Å². The van der Waals surface area contributed by atoms with Gasteiger partial charge in [-0.15, -0.1) is 0 Å². The lowest BCUT2D eigenvalue weighted by molar-refractivity contribution is -0.0650. The van der Waals surface area contributed by atoms with Crippen LogP contribution in [0.2, 0.25) is 0 Å². The van der Waals surface area contributed by atoms with Crippen molar-refractivity contribution in [2.75, 3.05) is 13.7 Å². The minimum absolute atomic E-state index is 0.131. The zero-order chi connectivity index (χ0) is 12.7. The lowest BCUT2D eigenvalue weighted by Crippen LogP contribution is -2.50. The van der Waals surface area contributed by atoms with Crippen molar-refractivity contribution in [1.82, 2.24) is 5.32 Å². The first kappa shape index (κ1) is 15.0. The Morgan fingerprint density at radius 1 is 1.12 bits per heavy atom. The Bertz CT molecular complexity index is 195. The second-order valence-corrected chi connectivity index (χ2v) is 5.46. The number of rotatable bonds is 8. The van der Waals surface area contributed by atoms with Gasteiger partial charge in [0.15, 0.2) is 0 Å². The van der Waals surface area contributed by atoms with Crippen molar-refractivity contribution >= 4 is 0 Å². The first-order chi connectivity index (χ1) is 8.22. The summed E-state index contributed by atoms with van der Waals surface area (Å²) in [5.74, 6) is 0.838. The van der Waals surface area contributed by atoms with E-state index in [2.05, 4.69) is 33.1 Å². The van der Waals surface area contributed by atoms with Crippen LogP contribution in [0.25, 0.3) is 0 Å². The van der Waals surface area contributed by atoms with Crippen molar-refractivity contribution < 1.29 is 4.74 Å². The van der Waals surface area contributed by atoms with E-state index in [4.69, 9.17) is 4.74 Å². The summed E-state index contributed by atoms with van der Waals surface area (Å²) >= 11 is 0. The third-order valence-electron chi connectivity index (χ3n) is 4.59. The molecule has 1 N–H and O–H groups in total. The minimum Gasteiger partial charge on any atom is -0.374 e. The van der Waals surface area contributed by atoms with Crippen LogP contribution >= 0.6 is 0 Å². The Balaban J connectivity index is 2.67. The van der Waals surface area contributed by atoms with Crippen LogP contribution in [-0.4, -0.2) is 25.3 Å². The highest BCUT2D eigenvalue weighted by atomic mass is 16.5. The standard InChI is InChI=1S/C15H31NO/c1-5-13(6-2)12-14(16-4)15(17-7-3)10-8-9-11-15/h13-14,16H,5-12H2,1-4H3. The molecule has 0 aromatic heterocycles. The van der Waals surface area contributed by atoms with Crippen LogP contribution in [0.4, 0.5) is 0 Å². The van der Waals surface area contributed by atoms with Crippen molar-refractivity contribution in [3.8, 4) is 0 Å². The van der Waals surface area contributed by atoms with Crippen LogP contribution in [0.5, 0.6) is 0 Å². The molecule has 1 rings (SSSR count).